The summed E-state index contributed by atoms with van der Waals surface area (Å²) in [7, 11) is 0. The summed E-state index contributed by atoms with van der Waals surface area (Å²) in [4.78, 5) is 10.3. The van der Waals surface area contributed by atoms with Crippen molar-refractivity contribution in [3.63, 3.8) is 0 Å². The van der Waals surface area contributed by atoms with Crippen LogP contribution in [-0.4, -0.2) is 9.97 Å². The van der Waals surface area contributed by atoms with Crippen molar-refractivity contribution in [2.24, 2.45) is 0 Å². The van der Waals surface area contributed by atoms with Gasteiger partial charge in [-0.3, -0.25) is 0 Å². The molecule has 2 aromatic heterocycles. The Morgan fingerprint density at radius 3 is 1.68 bits per heavy atom. The van der Waals surface area contributed by atoms with Crippen LogP contribution >= 0.6 is 11.3 Å². The van der Waals surface area contributed by atoms with E-state index < -0.39 is 0 Å². The van der Waals surface area contributed by atoms with Crippen molar-refractivity contribution in [2.75, 3.05) is 0 Å². The minimum atomic E-state index is 0.717. The average Bonchev–Trinajstić information content (AvgIpc) is 3.69. The molecule has 2 heterocycles. The Kier molecular flexibility index (Phi) is 7.75. The second-order valence-electron chi connectivity index (χ2n) is 15.3. The van der Waals surface area contributed by atoms with Gasteiger partial charge in [0, 0.05) is 36.9 Å². The molecule has 59 heavy (non-hydrogen) atoms. The fourth-order valence-electron chi connectivity index (χ4n) is 9.04. The highest BCUT2D eigenvalue weighted by Gasteiger charge is 2.17. The molecule has 0 radical (unpaired) electrons. The summed E-state index contributed by atoms with van der Waals surface area (Å²) >= 11 is 1.83. The molecule has 0 spiro atoms. The third-order valence-electron chi connectivity index (χ3n) is 11.9. The predicted octanol–water partition coefficient (Wildman–Crippen LogP) is 15.8. The van der Waals surface area contributed by atoms with E-state index in [0.29, 0.717) is 5.82 Å². The molecule has 12 aromatic rings. The van der Waals surface area contributed by atoms with Crippen LogP contribution in [0.4, 0.5) is 0 Å². The molecular formula is C56H34N2S. The topological polar surface area (TPSA) is 25.8 Å². The maximum atomic E-state index is 5.15. The van der Waals surface area contributed by atoms with Crippen molar-refractivity contribution in [1.29, 1.82) is 0 Å². The minimum absolute atomic E-state index is 0.717. The smallest absolute Gasteiger partial charge is 0.160 e. The van der Waals surface area contributed by atoms with Crippen LogP contribution in [0.2, 0.25) is 0 Å². The number of fused-ring (bicyclic) bond motifs is 8. The lowest BCUT2D eigenvalue weighted by Crippen LogP contribution is -1.96. The summed E-state index contributed by atoms with van der Waals surface area (Å²) in [6.07, 6.45) is 0. The summed E-state index contributed by atoms with van der Waals surface area (Å²) in [5.74, 6) is 0.717. The zero-order chi connectivity index (χ0) is 38.9. The molecule has 0 atom stereocenters. The molecule has 0 bridgehead atoms. The molecular weight excluding hydrogens is 733 g/mol. The average molecular weight is 767 g/mol. The van der Waals surface area contributed by atoms with Crippen molar-refractivity contribution in [1.82, 2.24) is 9.97 Å². The molecule has 0 amide bonds. The number of rotatable bonds is 5. The molecule has 0 saturated carbocycles. The third kappa shape index (κ3) is 5.62. The number of nitrogens with zero attached hydrogens (tertiary/aromatic N) is 2. The molecule has 10 aromatic carbocycles. The summed E-state index contributed by atoms with van der Waals surface area (Å²) < 4.78 is 2.56. The highest BCUT2D eigenvalue weighted by Crippen LogP contribution is 2.44. The number of aromatic nitrogens is 2. The predicted molar refractivity (Wildman–Crippen MR) is 252 cm³/mol. The molecule has 3 heteroatoms. The van der Waals surface area contributed by atoms with Crippen LogP contribution in [0.1, 0.15) is 0 Å². The number of hydrogen-bond acceptors (Lipinski definition) is 3. The van der Waals surface area contributed by atoms with E-state index in [1.807, 2.05) is 29.5 Å². The SMILES string of the molecule is c1ccc(-c2nc(-c3ccc(-c4ccc(-c5c6ccccc6cc6c5ccc5ccccc56)c5ccccc45)cc3)cc(-c3ccc4c(c3)sc3ccccc34)n2)cc1. The number of thiophene rings is 1. The van der Waals surface area contributed by atoms with Gasteiger partial charge in [0.25, 0.3) is 0 Å². The Morgan fingerprint density at radius 2 is 0.864 bits per heavy atom. The van der Waals surface area contributed by atoms with Crippen LogP contribution in [0.5, 0.6) is 0 Å². The lowest BCUT2D eigenvalue weighted by molar-refractivity contribution is 1.18. The summed E-state index contributed by atoms with van der Waals surface area (Å²) in [5.41, 5.74) is 9.83. The fourth-order valence-corrected chi connectivity index (χ4v) is 10.2. The summed E-state index contributed by atoms with van der Waals surface area (Å²) in [5, 5.41) is 12.6. The molecule has 0 fully saturated rings. The van der Waals surface area contributed by atoms with Gasteiger partial charge >= 0.3 is 0 Å². The van der Waals surface area contributed by atoms with E-state index in [1.165, 1.54) is 80.0 Å². The van der Waals surface area contributed by atoms with Crippen molar-refractivity contribution < 1.29 is 0 Å². The Morgan fingerprint density at radius 1 is 0.288 bits per heavy atom. The van der Waals surface area contributed by atoms with E-state index in [1.54, 1.807) is 0 Å². The van der Waals surface area contributed by atoms with E-state index in [-0.39, 0.29) is 0 Å². The molecule has 0 saturated heterocycles. The highest BCUT2D eigenvalue weighted by molar-refractivity contribution is 7.25. The Labute approximate surface area is 345 Å². The Bertz CT molecular complexity index is 3600. The minimum Gasteiger partial charge on any atom is -0.228 e. The van der Waals surface area contributed by atoms with Gasteiger partial charge in [0.05, 0.1) is 11.4 Å². The van der Waals surface area contributed by atoms with Crippen LogP contribution < -0.4 is 0 Å². The molecule has 274 valence electrons. The first-order valence-electron chi connectivity index (χ1n) is 20.1. The molecule has 0 aliphatic carbocycles. The first kappa shape index (κ1) is 33.7. The number of hydrogen-bond donors (Lipinski definition) is 0. The van der Waals surface area contributed by atoms with E-state index >= 15 is 0 Å². The standard InChI is InChI=1S/C56H34N2S/c1-2-13-38(14-3-1)56-57-51(34-52(58-56)40-27-28-47-46-20-10-11-21-53(46)59-54(47)33-40)37-24-22-36(23-25-37)42-30-31-48(45-19-9-8-18-44(42)45)55-43-17-7-5-15-39(43)32-50-41-16-6-4-12-35(41)26-29-49(50)55/h1-34H. The van der Waals surface area contributed by atoms with Crippen LogP contribution in [-0.2, 0) is 0 Å². The fraction of sp³-hybridized carbons (Fsp3) is 0. The van der Waals surface area contributed by atoms with Crippen molar-refractivity contribution >= 4 is 74.6 Å². The van der Waals surface area contributed by atoms with E-state index in [9.17, 15) is 0 Å². The second-order valence-corrected chi connectivity index (χ2v) is 16.4. The molecule has 0 unspecified atom stereocenters. The van der Waals surface area contributed by atoms with Gasteiger partial charge in [-0.15, -0.1) is 11.3 Å². The maximum Gasteiger partial charge on any atom is 0.160 e. The summed E-state index contributed by atoms with van der Waals surface area (Å²) in [6.45, 7) is 0. The van der Waals surface area contributed by atoms with Gasteiger partial charge in [0.15, 0.2) is 5.82 Å². The monoisotopic (exact) mass is 766 g/mol. The quantitative estimate of drug-likeness (QED) is 0.129. The van der Waals surface area contributed by atoms with E-state index in [2.05, 4.69) is 188 Å². The largest absolute Gasteiger partial charge is 0.228 e. The normalized spacial score (nSPS) is 11.7. The first-order chi connectivity index (χ1) is 29.2. The highest BCUT2D eigenvalue weighted by atomic mass is 32.1. The van der Waals surface area contributed by atoms with E-state index in [4.69, 9.17) is 9.97 Å². The van der Waals surface area contributed by atoms with Crippen LogP contribution in [0.3, 0.4) is 0 Å². The second kappa shape index (κ2) is 13.6. The van der Waals surface area contributed by atoms with Gasteiger partial charge in [0.2, 0.25) is 0 Å². The maximum absolute atomic E-state index is 5.15. The summed E-state index contributed by atoms with van der Waals surface area (Å²) in [6, 6.07) is 74.6. The van der Waals surface area contributed by atoms with Gasteiger partial charge in [-0.25, -0.2) is 9.97 Å². The van der Waals surface area contributed by atoms with Gasteiger partial charge < -0.3 is 0 Å². The third-order valence-corrected chi connectivity index (χ3v) is 13.0. The van der Waals surface area contributed by atoms with Crippen LogP contribution in [0, 0.1) is 0 Å². The van der Waals surface area contributed by atoms with Crippen molar-refractivity contribution in [2.45, 2.75) is 0 Å². The zero-order valence-electron chi connectivity index (χ0n) is 31.9. The van der Waals surface area contributed by atoms with Crippen LogP contribution in [0.25, 0.3) is 119 Å². The van der Waals surface area contributed by atoms with E-state index in [0.717, 1.165) is 33.6 Å². The molecule has 2 nitrogen and oxygen atoms in total. The first-order valence-corrected chi connectivity index (χ1v) is 20.9. The lowest BCUT2D eigenvalue weighted by atomic mass is 9.86. The van der Waals surface area contributed by atoms with Crippen LogP contribution in [0.15, 0.2) is 206 Å². The van der Waals surface area contributed by atoms with Crippen molar-refractivity contribution in [3.8, 4) is 56.2 Å². The van der Waals surface area contributed by atoms with Gasteiger partial charge in [-0.2, -0.15) is 0 Å². The Hall–Kier alpha value is -7.46. The number of benzene rings is 10. The molecule has 12 rings (SSSR count). The Balaban J connectivity index is 0.978. The van der Waals surface area contributed by atoms with Gasteiger partial charge in [0.1, 0.15) is 0 Å². The molecule has 0 N–H and O–H groups in total. The lowest BCUT2D eigenvalue weighted by Gasteiger charge is -2.17. The van der Waals surface area contributed by atoms with Crippen molar-refractivity contribution in [3.05, 3.63) is 206 Å². The molecule has 0 aliphatic heterocycles. The van der Waals surface area contributed by atoms with Gasteiger partial charge in [-0.1, -0.05) is 182 Å². The zero-order valence-corrected chi connectivity index (χ0v) is 32.7. The molecule has 0 aliphatic rings. The van der Waals surface area contributed by atoms with Gasteiger partial charge in [-0.05, 0) is 89.6 Å².